The van der Waals surface area contributed by atoms with Crippen molar-refractivity contribution in [1.82, 2.24) is 10.2 Å². The van der Waals surface area contributed by atoms with Crippen molar-refractivity contribution in [2.24, 2.45) is 0 Å². The summed E-state index contributed by atoms with van der Waals surface area (Å²) in [5.74, 6) is -0.555. The molecule has 2 aromatic carbocycles. The van der Waals surface area contributed by atoms with Crippen LogP contribution < -0.4 is 10.0 Å². The first-order valence-corrected chi connectivity index (χ1v) is 9.49. The summed E-state index contributed by atoms with van der Waals surface area (Å²) in [5, 5.41) is 8.53. The van der Waals surface area contributed by atoms with Crippen LogP contribution in [0.4, 0.5) is 11.4 Å². The van der Waals surface area contributed by atoms with E-state index >= 15 is 0 Å². The molecule has 0 fully saturated rings. The van der Waals surface area contributed by atoms with E-state index in [-0.39, 0.29) is 10.6 Å². The number of carbonyl (C=O) groups is 1. The molecule has 0 aliphatic heterocycles. The van der Waals surface area contributed by atoms with Crippen molar-refractivity contribution in [1.29, 1.82) is 0 Å². The van der Waals surface area contributed by atoms with Gasteiger partial charge in [0.15, 0.2) is 5.03 Å². The molecule has 3 N–H and O–H groups in total. The zero-order valence-electron chi connectivity index (χ0n) is 14.1. The van der Waals surface area contributed by atoms with E-state index in [1.807, 2.05) is 25.1 Å². The van der Waals surface area contributed by atoms with E-state index in [0.29, 0.717) is 11.4 Å². The lowest BCUT2D eigenvalue weighted by molar-refractivity contribution is 0.102. The lowest BCUT2D eigenvalue weighted by atomic mass is 10.1. The molecule has 0 bridgehead atoms. The van der Waals surface area contributed by atoms with Gasteiger partial charge in [-0.3, -0.25) is 14.6 Å². The fraction of sp³-hybridized carbons (Fsp3) is 0.111. The van der Waals surface area contributed by atoms with E-state index in [4.69, 9.17) is 0 Å². The predicted molar refractivity (Wildman–Crippen MR) is 99.6 cm³/mol. The van der Waals surface area contributed by atoms with Crippen LogP contribution in [0, 0.1) is 0 Å². The molecule has 1 heterocycles. The molecule has 8 heteroatoms. The first-order valence-electron chi connectivity index (χ1n) is 8.01. The fourth-order valence-electron chi connectivity index (χ4n) is 2.42. The van der Waals surface area contributed by atoms with Crippen molar-refractivity contribution in [3.05, 3.63) is 71.9 Å². The Balaban J connectivity index is 1.84. The quantitative estimate of drug-likeness (QED) is 0.620. The number of nitrogens with zero attached hydrogens (tertiary/aromatic N) is 1. The van der Waals surface area contributed by atoms with Gasteiger partial charge in [0.25, 0.3) is 15.9 Å². The Kier molecular flexibility index (Phi) is 5.04. The van der Waals surface area contributed by atoms with Gasteiger partial charge >= 0.3 is 0 Å². The number of hydrogen-bond donors (Lipinski definition) is 3. The highest BCUT2D eigenvalue weighted by molar-refractivity contribution is 7.92. The smallest absolute Gasteiger partial charge is 0.279 e. The van der Waals surface area contributed by atoms with Crippen LogP contribution in [0.15, 0.2) is 65.8 Å². The number of aromatic amines is 1. The summed E-state index contributed by atoms with van der Waals surface area (Å²) in [7, 11) is -3.98. The van der Waals surface area contributed by atoms with Crippen LogP contribution in [-0.4, -0.2) is 24.5 Å². The Bertz CT molecular complexity index is 1010. The molecule has 0 saturated heterocycles. The van der Waals surface area contributed by atoms with Crippen LogP contribution in [0.25, 0.3) is 0 Å². The zero-order chi connectivity index (χ0) is 18.6. The highest BCUT2D eigenvalue weighted by Gasteiger charge is 2.25. The Hall–Kier alpha value is -3.13. The number of para-hydroxylation sites is 1. The van der Waals surface area contributed by atoms with Gasteiger partial charge in [0, 0.05) is 11.4 Å². The molecular weight excluding hydrogens is 352 g/mol. The maximum Gasteiger partial charge on any atom is 0.279 e. The maximum atomic E-state index is 12.6. The maximum absolute atomic E-state index is 12.6. The second-order valence-corrected chi connectivity index (χ2v) is 7.21. The SMILES string of the molecule is CCc1cccc(NC(=O)c2cn[nH]c2S(=O)(=O)Nc2ccccc2)c1. The van der Waals surface area contributed by atoms with Crippen LogP contribution in [-0.2, 0) is 16.4 Å². The third kappa shape index (κ3) is 3.92. The number of nitrogens with one attached hydrogen (secondary N) is 3. The molecule has 3 aromatic rings. The number of amides is 1. The number of benzene rings is 2. The average Bonchev–Trinajstić information content (AvgIpc) is 3.13. The van der Waals surface area contributed by atoms with E-state index in [9.17, 15) is 13.2 Å². The monoisotopic (exact) mass is 370 g/mol. The molecule has 0 aliphatic rings. The van der Waals surface area contributed by atoms with Crippen molar-refractivity contribution >= 4 is 27.3 Å². The molecule has 0 unspecified atom stereocenters. The summed E-state index contributed by atoms with van der Waals surface area (Å²) in [6, 6.07) is 15.8. The van der Waals surface area contributed by atoms with E-state index in [1.54, 1.807) is 36.4 Å². The van der Waals surface area contributed by atoms with Crippen molar-refractivity contribution in [2.45, 2.75) is 18.4 Å². The summed E-state index contributed by atoms with van der Waals surface area (Å²) in [6.45, 7) is 2.01. The number of hydrogen-bond acceptors (Lipinski definition) is 4. The number of rotatable bonds is 6. The molecule has 0 spiro atoms. The van der Waals surface area contributed by atoms with E-state index in [1.165, 1.54) is 6.20 Å². The molecule has 0 atom stereocenters. The van der Waals surface area contributed by atoms with Crippen molar-refractivity contribution < 1.29 is 13.2 Å². The Morgan fingerprint density at radius 1 is 1.08 bits per heavy atom. The van der Waals surface area contributed by atoms with Gasteiger partial charge in [-0.1, -0.05) is 37.3 Å². The number of aryl methyl sites for hydroxylation is 1. The van der Waals surface area contributed by atoms with Gasteiger partial charge in [-0.2, -0.15) is 13.5 Å². The predicted octanol–water partition coefficient (Wildman–Crippen LogP) is 3.03. The molecular formula is C18H18N4O3S. The number of carbonyl (C=O) groups excluding carboxylic acids is 1. The Morgan fingerprint density at radius 3 is 2.54 bits per heavy atom. The highest BCUT2D eigenvalue weighted by atomic mass is 32.2. The minimum absolute atomic E-state index is 0.0599. The van der Waals surface area contributed by atoms with Gasteiger partial charge in [-0.25, -0.2) is 0 Å². The standard InChI is InChI=1S/C18H18N4O3S/c1-2-13-7-6-10-15(11-13)20-17(23)16-12-19-21-18(16)26(24,25)22-14-8-4-3-5-9-14/h3-12,22H,2H2,1H3,(H,19,21)(H,20,23). The van der Waals surface area contributed by atoms with Gasteiger partial charge in [-0.05, 0) is 36.2 Å². The average molecular weight is 370 g/mol. The van der Waals surface area contributed by atoms with Crippen molar-refractivity contribution in [3.8, 4) is 0 Å². The first kappa shape index (κ1) is 17.7. The minimum atomic E-state index is -3.98. The molecule has 1 amide bonds. The summed E-state index contributed by atoms with van der Waals surface area (Å²) in [4.78, 5) is 12.5. The van der Waals surface area contributed by atoms with Crippen LogP contribution in [0.5, 0.6) is 0 Å². The van der Waals surface area contributed by atoms with Gasteiger partial charge < -0.3 is 5.32 Å². The van der Waals surface area contributed by atoms with Crippen molar-refractivity contribution in [2.75, 3.05) is 10.0 Å². The van der Waals surface area contributed by atoms with Gasteiger partial charge in [0.2, 0.25) is 0 Å². The molecule has 7 nitrogen and oxygen atoms in total. The van der Waals surface area contributed by atoms with E-state index in [2.05, 4.69) is 20.2 Å². The molecule has 0 radical (unpaired) electrons. The third-order valence-corrected chi connectivity index (χ3v) is 5.09. The highest BCUT2D eigenvalue weighted by Crippen LogP contribution is 2.19. The fourth-order valence-corrected chi connectivity index (χ4v) is 3.58. The molecule has 134 valence electrons. The summed E-state index contributed by atoms with van der Waals surface area (Å²) in [6.07, 6.45) is 2.02. The normalized spacial score (nSPS) is 11.1. The molecule has 0 aliphatic carbocycles. The summed E-state index contributed by atoms with van der Waals surface area (Å²) >= 11 is 0. The first-order chi connectivity index (χ1) is 12.5. The number of H-pyrrole nitrogens is 1. The molecule has 26 heavy (non-hydrogen) atoms. The number of anilines is 2. The number of aromatic nitrogens is 2. The second kappa shape index (κ2) is 7.40. The van der Waals surface area contributed by atoms with E-state index < -0.39 is 15.9 Å². The zero-order valence-corrected chi connectivity index (χ0v) is 14.9. The number of sulfonamides is 1. The van der Waals surface area contributed by atoms with Crippen LogP contribution in [0.2, 0.25) is 0 Å². The second-order valence-electron chi connectivity index (χ2n) is 5.59. The van der Waals surface area contributed by atoms with Gasteiger partial charge in [-0.15, -0.1) is 0 Å². The lowest BCUT2D eigenvalue weighted by Gasteiger charge is -2.09. The minimum Gasteiger partial charge on any atom is -0.322 e. The van der Waals surface area contributed by atoms with Crippen LogP contribution in [0.3, 0.4) is 0 Å². The Labute approximate surface area is 151 Å². The molecule has 0 saturated carbocycles. The molecule has 1 aromatic heterocycles. The lowest BCUT2D eigenvalue weighted by Crippen LogP contribution is -2.19. The van der Waals surface area contributed by atoms with Gasteiger partial charge in [0.05, 0.1) is 11.8 Å². The van der Waals surface area contributed by atoms with Crippen molar-refractivity contribution in [3.63, 3.8) is 0 Å². The van der Waals surface area contributed by atoms with Crippen LogP contribution in [0.1, 0.15) is 22.8 Å². The molecule has 3 rings (SSSR count). The Morgan fingerprint density at radius 2 is 1.81 bits per heavy atom. The summed E-state index contributed by atoms with van der Waals surface area (Å²) in [5.41, 5.74) is 1.99. The topological polar surface area (TPSA) is 104 Å². The van der Waals surface area contributed by atoms with Gasteiger partial charge in [0.1, 0.15) is 0 Å². The van der Waals surface area contributed by atoms with E-state index in [0.717, 1.165) is 12.0 Å². The van der Waals surface area contributed by atoms with Crippen LogP contribution >= 0.6 is 0 Å². The third-order valence-electron chi connectivity index (χ3n) is 3.74. The summed E-state index contributed by atoms with van der Waals surface area (Å²) < 4.78 is 27.6. The largest absolute Gasteiger partial charge is 0.322 e.